The molecule has 1 aliphatic rings. The quantitative estimate of drug-likeness (QED) is 0.506. The van der Waals surface area contributed by atoms with E-state index in [1.54, 1.807) is 0 Å². The number of amides is 1. The van der Waals surface area contributed by atoms with Gasteiger partial charge in [-0.25, -0.2) is 0 Å². The number of fused-ring (bicyclic) bond motifs is 2. The number of rotatable bonds is 4. The Morgan fingerprint density at radius 3 is 2.63 bits per heavy atom. The Balaban J connectivity index is 1.78. The molecular formula is C18H15N3O5S. The second-order valence-electron chi connectivity index (χ2n) is 5.93. The van der Waals surface area contributed by atoms with Crippen LogP contribution >= 0.6 is 11.3 Å². The summed E-state index contributed by atoms with van der Waals surface area (Å²) in [6.45, 7) is 2.95. The summed E-state index contributed by atoms with van der Waals surface area (Å²) in [6.07, 6.45) is 0.874. The first-order valence-electron chi connectivity index (χ1n) is 8.33. The molecular weight excluding hydrogens is 370 g/mol. The molecule has 1 aromatic heterocycles. The molecule has 8 nitrogen and oxygen atoms in total. The Bertz CT molecular complexity index is 1110. The van der Waals surface area contributed by atoms with Crippen molar-refractivity contribution in [1.29, 1.82) is 0 Å². The van der Waals surface area contributed by atoms with Crippen LogP contribution < -0.4 is 14.3 Å². The molecule has 0 saturated heterocycles. The first kappa shape index (κ1) is 17.2. The van der Waals surface area contributed by atoms with Crippen molar-refractivity contribution >= 4 is 33.1 Å². The van der Waals surface area contributed by atoms with Gasteiger partial charge in [-0.05, 0) is 18.6 Å². The highest BCUT2D eigenvalue weighted by Gasteiger charge is 2.18. The highest BCUT2D eigenvalue weighted by Crippen LogP contribution is 2.37. The molecule has 0 radical (unpaired) electrons. The van der Waals surface area contributed by atoms with E-state index in [1.807, 2.05) is 23.6 Å². The van der Waals surface area contributed by atoms with Gasteiger partial charge in [-0.2, -0.15) is 4.99 Å². The zero-order valence-electron chi connectivity index (χ0n) is 14.4. The van der Waals surface area contributed by atoms with Crippen molar-refractivity contribution in [2.45, 2.75) is 19.9 Å². The first-order valence-corrected chi connectivity index (χ1v) is 9.15. The maximum Gasteiger partial charge on any atom is 0.279 e. The molecule has 3 aromatic rings. The fourth-order valence-corrected chi connectivity index (χ4v) is 3.93. The van der Waals surface area contributed by atoms with Gasteiger partial charge in [-0.3, -0.25) is 14.9 Å². The summed E-state index contributed by atoms with van der Waals surface area (Å²) in [7, 11) is 0. The van der Waals surface area contributed by atoms with Crippen LogP contribution in [0.25, 0.3) is 10.2 Å². The number of ether oxygens (including phenoxy) is 2. The largest absolute Gasteiger partial charge is 0.454 e. The van der Waals surface area contributed by atoms with E-state index in [9.17, 15) is 14.9 Å². The van der Waals surface area contributed by atoms with Crippen LogP contribution in [0, 0.1) is 10.1 Å². The number of aryl methyl sites for hydroxylation is 1. The summed E-state index contributed by atoms with van der Waals surface area (Å²) >= 11 is 1.39. The van der Waals surface area contributed by atoms with E-state index in [2.05, 4.69) is 4.99 Å². The molecule has 0 saturated carbocycles. The number of hydrogen-bond donors (Lipinski definition) is 0. The van der Waals surface area contributed by atoms with Gasteiger partial charge in [0.15, 0.2) is 16.3 Å². The average Bonchev–Trinajstić information content (AvgIpc) is 3.24. The van der Waals surface area contributed by atoms with E-state index < -0.39 is 10.8 Å². The van der Waals surface area contributed by atoms with Crippen LogP contribution in [-0.2, 0) is 6.54 Å². The summed E-state index contributed by atoms with van der Waals surface area (Å²) in [4.78, 5) is 27.6. The predicted octanol–water partition coefficient (Wildman–Crippen LogP) is 3.49. The molecule has 0 aliphatic carbocycles. The van der Waals surface area contributed by atoms with Crippen LogP contribution in [0.3, 0.4) is 0 Å². The second kappa shape index (κ2) is 6.84. The van der Waals surface area contributed by atoms with Gasteiger partial charge in [0, 0.05) is 36.4 Å². The fraction of sp³-hybridized carbons (Fsp3) is 0.222. The molecule has 0 N–H and O–H groups in total. The van der Waals surface area contributed by atoms with E-state index in [-0.39, 0.29) is 12.5 Å². The third-order valence-corrected chi connectivity index (χ3v) is 5.19. The monoisotopic (exact) mass is 385 g/mol. The van der Waals surface area contributed by atoms with Gasteiger partial charge in [-0.1, -0.05) is 18.3 Å². The minimum Gasteiger partial charge on any atom is -0.454 e. The summed E-state index contributed by atoms with van der Waals surface area (Å²) in [6, 6.07) is 9.22. The van der Waals surface area contributed by atoms with Crippen molar-refractivity contribution in [2.24, 2.45) is 4.99 Å². The van der Waals surface area contributed by atoms with Crippen LogP contribution in [0.4, 0.5) is 5.69 Å². The zero-order chi connectivity index (χ0) is 19.0. The van der Waals surface area contributed by atoms with Crippen LogP contribution in [-0.4, -0.2) is 22.2 Å². The summed E-state index contributed by atoms with van der Waals surface area (Å²) in [5.41, 5.74) is 1.17. The zero-order valence-corrected chi connectivity index (χ0v) is 15.2. The van der Waals surface area contributed by atoms with Crippen molar-refractivity contribution in [2.75, 3.05) is 6.79 Å². The lowest BCUT2D eigenvalue weighted by Gasteiger charge is -2.03. The van der Waals surface area contributed by atoms with Gasteiger partial charge in [0.05, 0.1) is 15.1 Å². The molecule has 0 bridgehead atoms. The average molecular weight is 385 g/mol. The van der Waals surface area contributed by atoms with Crippen molar-refractivity contribution in [1.82, 2.24) is 4.57 Å². The minimum atomic E-state index is -0.504. The molecule has 0 atom stereocenters. The molecule has 1 amide bonds. The van der Waals surface area contributed by atoms with Crippen molar-refractivity contribution in [3.8, 4) is 11.5 Å². The topological polar surface area (TPSA) is 96.0 Å². The third kappa shape index (κ3) is 3.17. The lowest BCUT2D eigenvalue weighted by molar-refractivity contribution is -0.384. The molecule has 1 aliphatic heterocycles. The van der Waals surface area contributed by atoms with Gasteiger partial charge in [0.2, 0.25) is 6.79 Å². The van der Waals surface area contributed by atoms with E-state index in [4.69, 9.17) is 9.47 Å². The normalized spacial score (nSPS) is 13.3. The minimum absolute atomic E-state index is 0.0658. The van der Waals surface area contributed by atoms with Crippen molar-refractivity contribution in [3.63, 3.8) is 0 Å². The summed E-state index contributed by atoms with van der Waals surface area (Å²) in [5, 5.41) is 10.7. The van der Waals surface area contributed by atoms with Crippen molar-refractivity contribution in [3.05, 3.63) is 56.9 Å². The maximum absolute atomic E-state index is 12.5. The van der Waals surface area contributed by atoms with Gasteiger partial charge in [-0.15, -0.1) is 0 Å². The molecule has 4 rings (SSSR count). The summed E-state index contributed by atoms with van der Waals surface area (Å²) < 4.78 is 13.8. The molecule has 9 heteroatoms. The van der Waals surface area contributed by atoms with Crippen LogP contribution in [0.5, 0.6) is 11.5 Å². The SMILES string of the molecule is CCCn1c(=NC(=O)c2ccc([N+](=O)[O-])cc2)sc2cc3c(cc21)OCO3. The number of hydrogen-bond acceptors (Lipinski definition) is 6. The Morgan fingerprint density at radius 1 is 1.26 bits per heavy atom. The number of aromatic nitrogens is 1. The predicted molar refractivity (Wildman–Crippen MR) is 99.2 cm³/mol. The molecule has 2 aromatic carbocycles. The number of carbonyl (C=O) groups is 1. The van der Waals surface area contributed by atoms with E-state index in [1.165, 1.54) is 35.6 Å². The number of nitro benzene ring substituents is 1. The Hall–Kier alpha value is -3.20. The van der Waals surface area contributed by atoms with E-state index in [0.29, 0.717) is 28.4 Å². The number of carbonyl (C=O) groups excluding carboxylic acids is 1. The molecule has 0 unspecified atom stereocenters. The van der Waals surface area contributed by atoms with E-state index in [0.717, 1.165) is 16.6 Å². The number of thiazole rings is 1. The lowest BCUT2D eigenvalue weighted by Crippen LogP contribution is -2.16. The van der Waals surface area contributed by atoms with Gasteiger partial charge < -0.3 is 14.0 Å². The highest BCUT2D eigenvalue weighted by molar-refractivity contribution is 7.16. The van der Waals surface area contributed by atoms with Gasteiger partial charge >= 0.3 is 0 Å². The number of nitro groups is 1. The second-order valence-corrected chi connectivity index (χ2v) is 6.94. The molecule has 2 heterocycles. The highest BCUT2D eigenvalue weighted by atomic mass is 32.1. The smallest absolute Gasteiger partial charge is 0.279 e. The van der Waals surface area contributed by atoms with Gasteiger partial charge in [0.25, 0.3) is 11.6 Å². The molecule has 138 valence electrons. The van der Waals surface area contributed by atoms with Crippen LogP contribution in [0.15, 0.2) is 41.4 Å². The Kier molecular flexibility index (Phi) is 4.36. The Morgan fingerprint density at radius 2 is 1.96 bits per heavy atom. The van der Waals surface area contributed by atoms with Crippen LogP contribution in [0.2, 0.25) is 0 Å². The lowest BCUT2D eigenvalue weighted by atomic mass is 10.2. The number of non-ortho nitro benzene ring substituents is 1. The summed E-state index contributed by atoms with van der Waals surface area (Å²) in [5.74, 6) is 0.917. The number of nitrogens with zero attached hydrogens (tertiary/aromatic N) is 3. The first-order chi connectivity index (χ1) is 13.1. The molecule has 0 spiro atoms. The third-order valence-electron chi connectivity index (χ3n) is 4.15. The van der Waals surface area contributed by atoms with Gasteiger partial charge in [0.1, 0.15) is 0 Å². The standard InChI is InChI=1S/C18H15N3O5S/c1-2-7-20-13-8-14-15(26-10-25-14)9-16(13)27-18(20)19-17(22)11-3-5-12(6-4-11)21(23)24/h3-6,8-9H,2,7,10H2,1H3. The fourth-order valence-electron chi connectivity index (χ4n) is 2.86. The van der Waals surface area contributed by atoms with Crippen LogP contribution in [0.1, 0.15) is 23.7 Å². The molecule has 27 heavy (non-hydrogen) atoms. The van der Waals surface area contributed by atoms with E-state index >= 15 is 0 Å². The van der Waals surface area contributed by atoms with Crippen molar-refractivity contribution < 1.29 is 19.2 Å². The maximum atomic E-state index is 12.5. The Labute approximate surface area is 157 Å². The molecule has 0 fully saturated rings. The number of benzene rings is 2.